The SMILES string of the molecule is Cc1nn(C)c2cnn([C@@H](C)C(=O)N[C@H]3CCS(=O)(=O)C3)c12. The summed E-state index contributed by atoms with van der Waals surface area (Å²) in [7, 11) is -1.18. The van der Waals surface area contributed by atoms with Gasteiger partial charge in [0.2, 0.25) is 5.91 Å². The molecule has 0 saturated carbocycles. The highest BCUT2D eigenvalue weighted by atomic mass is 32.2. The zero-order valence-electron chi connectivity index (χ0n) is 12.8. The summed E-state index contributed by atoms with van der Waals surface area (Å²) in [5, 5.41) is 11.4. The first-order valence-electron chi connectivity index (χ1n) is 7.16. The number of fused-ring (bicyclic) bond motifs is 1. The van der Waals surface area contributed by atoms with E-state index in [1.807, 2.05) is 14.0 Å². The Hall–Kier alpha value is -1.90. The van der Waals surface area contributed by atoms with Gasteiger partial charge in [0.05, 0.1) is 23.4 Å². The third-order valence-corrected chi connectivity index (χ3v) is 5.86. The molecule has 22 heavy (non-hydrogen) atoms. The van der Waals surface area contributed by atoms with Crippen molar-refractivity contribution in [2.75, 3.05) is 11.5 Å². The van der Waals surface area contributed by atoms with Crippen LogP contribution in [0.1, 0.15) is 25.1 Å². The van der Waals surface area contributed by atoms with Crippen LogP contribution < -0.4 is 5.32 Å². The highest BCUT2D eigenvalue weighted by Gasteiger charge is 2.31. The number of carbonyl (C=O) groups excluding carboxylic acids is 1. The highest BCUT2D eigenvalue weighted by molar-refractivity contribution is 7.91. The minimum absolute atomic E-state index is 0.0197. The fraction of sp³-hybridized carbons (Fsp3) is 0.615. The Kier molecular flexibility index (Phi) is 3.47. The standard InChI is InChI=1S/C13H19N5O3S/c1-8-12-11(17(3)16-8)6-14-18(12)9(2)13(19)15-10-4-5-22(20,21)7-10/h6,9-10H,4-5,7H2,1-3H3,(H,15,19)/t9-,10-/m0/s1. The van der Waals surface area contributed by atoms with Crippen molar-refractivity contribution in [1.82, 2.24) is 24.9 Å². The first-order valence-corrected chi connectivity index (χ1v) is 8.98. The number of sulfone groups is 1. The number of hydrogen-bond donors (Lipinski definition) is 1. The van der Waals surface area contributed by atoms with Gasteiger partial charge in [-0.15, -0.1) is 0 Å². The Bertz CT molecular complexity index is 835. The maximum Gasteiger partial charge on any atom is 0.244 e. The van der Waals surface area contributed by atoms with Gasteiger partial charge in [-0.2, -0.15) is 10.2 Å². The van der Waals surface area contributed by atoms with E-state index < -0.39 is 15.9 Å². The number of nitrogens with zero attached hydrogens (tertiary/aromatic N) is 4. The van der Waals surface area contributed by atoms with Gasteiger partial charge in [-0.3, -0.25) is 9.48 Å². The zero-order chi connectivity index (χ0) is 16.1. The fourth-order valence-corrected chi connectivity index (χ4v) is 4.58. The first-order chi connectivity index (χ1) is 10.3. The number of rotatable bonds is 3. The Morgan fingerprint density at radius 3 is 2.86 bits per heavy atom. The summed E-state index contributed by atoms with van der Waals surface area (Å²) in [6.45, 7) is 3.62. The number of carbonyl (C=O) groups is 1. The van der Waals surface area contributed by atoms with Crippen LogP contribution in [0, 0.1) is 6.92 Å². The predicted octanol–water partition coefficient (Wildman–Crippen LogP) is -0.0575. The van der Waals surface area contributed by atoms with Crippen molar-refractivity contribution in [2.24, 2.45) is 7.05 Å². The van der Waals surface area contributed by atoms with Crippen LogP contribution in [-0.4, -0.2) is 51.4 Å². The number of hydrogen-bond acceptors (Lipinski definition) is 5. The molecule has 0 bridgehead atoms. The minimum atomic E-state index is -3.01. The number of nitrogens with one attached hydrogen (secondary N) is 1. The van der Waals surface area contributed by atoms with Crippen LogP contribution in [0.3, 0.4) is 0 Å². The molecule has 3 heterocycles. The van der Waals surface area contributed by atoms with Gasteiger partial charge in [0.1, 0.15) is 17.1 Å². The summed E-state index contributed by atoms with van der Waals surface area (Å²) in [5.41, 5.74) is 2.49. The van der Waals surface area contributed by atoms with E-state index in [0.29, 0.717) is 6.42 Å². The van der Waals surface area contributed by atoms with Crippen molar-refractivity contribution >= 4 is 26.8 Å². The van der Waals surface area contributed by atoms with Crippen molar-refractivity contribution in [3.8, 4) is 0 Å². The third-order valence-electron chi connectivity index (χ3n) is 4.09. The lowest BCUT2D eigenvalue weighted by molar-refractivity contribution is -0.124. The average Bonchev–Trinajstić information content (AvgIpc) is 3.07. The summed E-state index contributed by atoms with van der Waals surface area (Å²) >= 11 is 0. The molecule has 1 aliphatic heterocycles. The van der Waals surface area contributed by atoms with Gasteiger partial charge in [0.15, 0.2) is 9.84 Å². The molecule has 1 saturated heterocycles. The lowest BCUT2D eigenvalue weighted by Crippen LogP contribution is -2.39. The maximum atomic E-state index is 12.4. The van der Waals surface area contributed by atoms with Crippen LogP contribution >= 0.6 is 0 Å². The first kappa shape index (κ1) is 15.0. The largest absolute Gasteiger partial charge is 0.350 e. The van der Waals surface area contributed by atoms with E-state index in [9.17, 15) is 13.2 Å². The topological polar surface area (TPSA) is 98.9 Å². The maximum absolute atomic E-state index is 12.4. The normalized spacial score (nSPS) is 22.0. The van der Waals surface area contributed by atoms with Crippen LogP contribution in [0.15, 0.2) is 6.20 Å². The molecular weight excluding hydrogens is 306 g/mol. The van der Waals surface area contributed by atoms with E-state index >= 15 is 0 Å². The molecule has 1 aliphatic rings. The fourth-order valence-electron chi connectivity index (χ4n) is 2.90. The minimum Gasteiger partial charge on any atom is -0.350 e. The molecule has 0 radical (unpaired) electrons. The molecule has 8 nitrogen and oxygen atoms in total. The molecule has 0 aromatic carbocycles. The van der Waals surface area contributed by atoms with E-state index in [1.54, 1.807) is 22.5 Å². The quantitative estimate of drug-likeness (QED) is 0.852. The van der Waals surface area contributed by atoms with Gasteiger partial charge in [-0.25, -0.2) is 13.1 Å². The van der Waals surface area contributed by atoms with Gasteiger partial charge in [0.25, 0.3) is 0 Å². The van der Waals surface area contributed by atoms with Crippen molar-refractivity contribution in [1.29, 1.82) is 0 Å². The van der Waals surface area contributed by atoms with Gasteiger partial charge < -0.3 is 5.32 Å². The van der Waals surface area contributed by atoms with Crippen molar-refractivity contribution < 1.29 is 13.2 Å². The van der Waals surface area contributed by atoms with Crippen LogP contribution in [0.4, 0.5) is 0 Å². The second kappa shape index (κ2) is 5.08. The second-order valence-electron chi connectivity index (χ2n) is 5.82. The second-order valence-corrected chi connectivity index (χ2v) is 8.05. The molecule has 2 aromatic heterocycles. The van der Waals surface area contributed by atoms with Crippen LogP contribution in [0.25, 0.3) is 11.0 Å². The highest BCUT2D eigenvalue weighted by Crippen LogP contribution is 2.21. The molecule has 120 valence electrons. The molecular formula is C13H19N5O3S. The van der Waals surface area contributed by atoms with Gasteiger partial charge in [-0.1, -0.05) is 0 Å². The summed E-state index contributed by atoms with van der Waals surface area (Å²) < 4.78 is 26.3. The summed E-state index contributed by atoms with van der Waals surface area (Å²) in [5.74, 6) is -0.0678. The zero-order valence-corrected chi connectivity index (χ0v) is 13.6. The smallest absolute Gasteiger partial charge is 0.244 e. The Morgan fingerprint density at radius 2 is 2.23 bits per heavy atom. The van der Waals surface area contributed by atoms with E-state index in [0.717, 1.165) is 16.7 Å². The molecule has 2 atom stereocenters. The number of amides is 1. The molecule has 3 rings (SSSR count). The van der Waals surface area contributed by atoms with E-state index in [4.69, 9.17) is 0 Å². The molecule has 2 aromatic rings. The average molecular weight is 325 g/mol. The lowest BCUT2D eigenvalue weighted by atomic mass is 10.2. The summed E-state index contributed by atoms with van der Waals surface area (Å²) in [6, 6.07) is -0.829. The van der Waals surface area contributed by atoms with Gasteiger partial charge >= 0.3 is 0 Å². The number of aryl methyl sites for hydroxylation is 2. The van der Waals surface area contributed by atoms with Crippen molar-refractivity contribution in [2.45, 2.75) is 32.4 Å². The van der Waals surface area contributed by atoms with E-state index in [1.165, 1.54) is 0 Å². The van der Waals surface area contributed by atoms with Crippen LogP contribution in [0.2, 0.25) is 0 Å². The predicted molar refractivity (Wildman–Crippen MR) is 81.1 cm³/mol. The summed E-state index contributed by atoms with van der Waals surface area (Å²) in [4.78, 5) is 12.4. The number of aromatic nitrogens is 4. The molecule has 9 heteroatoms. The van der Waals surface area contributed by atoms with E-state index in [-0.39, 0.29) is 23.5 Å². The third kappa shape index (κ3) is 2.49. The Balaban J connectivity index is 1.80. The monoisotopic (exact) mass is 325 g/mol. The van der Waals surface area contributed by atoms with Gasteiger partial charge in [0, 0.05) is 13.1 Å². The molecule has 0 unspecified atom stereocenters. The van der Waals surface area contributed by atoms with Crippen LogP contribution in [0.5, 0.6) is 0 Å². The summed E-state index contributed by atoms with van der Waals surface area (Å²) in [6.07, 6.45) is 2.15. The molecule has 1 fully saturated rings. The van der Waals surface area contributed by atoms with Crippen molar-refractivity contribution in [3.05, 3.63) is 11.9 Å². The Morgan fingerprint density at radius 1 is 1.50 bits per heavy atom. The molecule has 1 N–H and O–H groups in total. The van der Waals surface area contributed by atoms with E-state index in [2.05, 4.69) is 15.5 Å². The molecule has 0 aliphatic carbocycles. The Labute approximate surface area is 128 Å². The van der Waals surface area contributed by atoms with Crippen molar-refractivity contribution in [3.63, 3.8) is 0 Å². The molecule has 0 spiro atoms. The van der Waals surface area contributed by atoms with Crippen LogP contribution in [-0.2, 0) is 21.7 Å². The van der Waals surface area contributed by atoms with Gasteiger partial charge in [-0.05, 0) is 20.3 Å². The molecule has 1 amide bonds. The lowest BCUT2D eigenvalue weighted by Gasteiger charge is -2.16.